The van der Waals surface area contributed by atoms with Gasteiger partial charge in [-0.2, -0.15) is 0 Å². The number of carboxylic acid groups (broad SMARTS) is 1. The molecule has 6 nitrogen and oxygen atoms in total. The maximum absolute atomic E-state index is 12.7. The van der Waals surface area contributed by atoms with Crippen LogP contribution >= 0.6 is 15.9 Å². The maximum atomic E-state index is 12.7. The van der Waals surface area contributed by atoms with E-state index in [0.29, 0.717) is 19.5 Å². The molecule has 168 valence electrons. The first kappa shape index (κ1) is 23.8. The van der Waals surface area contributed by atoms with E-state index in [1.807, 2.05) is 31.3 Å². The number of hydrogen-bond acceptors (Lipinski definition) is 4. The molecule has 1 atom stereocenters. The molecule has 32 heavy (non-hydrogen) atoms. The number of para-hydroxylation sites is 1. The molecule has 0 aliphatic carbocycles. The van der Waals surface area contributed by atoms with E-state index in [0.717, 1.165) is 27.0 Å². The normalized spacial score (nSPS) is 12.0. The molecule has 1 aromatic heterocycles. The molecular weight excluding hydrogens is 472 g/mol. The van der Waals surface area contributed by atoms with Crippen molar-refractivity contribution in [2.45, 2.75) is 32.5 Å². The number of carboxylic acids is 1. The van der Waals surface area contributed by atoms with Crippen molar-refractivity contribution >= 4 is 21.9 Å². The van der Waals surface area contributed by atoms with Crippen molar-refractivity contribution < 1.29 is 14.6 Å². The van der Waals surface area contributed by atoms with Crippen LogP contribution in [0, 0.1) is 0 Å². The first-order valence-electron chi connectivity index (χ1n) is 10.4. The molecule has 0 spiro atoms. The number of ether oxygens (including phenoxy) is 1. The van der Waals surface area contributed by atoms with Gasteiger partial charge in [-0.15, -0.1) is 0 Å². The second kappa shape index (κ2) is 10.6. The van der Waals surface area contributed by atoms with Crippen LogP contribution in [0.15, 0.2) is 69.9 Å². The van der Waals surface area contributed by atoms with Crippen LogP contribution in [0.5, 0.6) is 5.75 Å². The van der Waals surface area contributed by atoms with Crippen molar-refractivity contribution in [2.24, 2.45) is 0 Å². The third kappa shape index (κ3) is 5.47. The van der Waals surface area contributed by atoms with Crippen molar-refractivity contribution in [2.75, 3.05) is 14.2 Å². The Morgan fingerprint density at radius 1 is 1.12 bits per heavy atom. The monoisotopic (exact) mass is 498 g/mol. The van der Waals surface area contributed by atoms with Crippen molar-refractivity contribution in [3.05, 3.63) is 97.9 Å². The summed E-state index contributed by atoms with van der Waals surface area (Å²) in [4.78, 5) is 25.9. The Balaban J connectivity index is 1.81. The predicted octanol–water partition coefficient (Wildman–Crippen LogP) is 4.75. The second-order valence-corrected chi connectivity index (χ2v) is 8.56. The molecule has 0 aliphatic heterocycles. The highest BCUT2D eigenvalue weighted by molar-refractivity contribution is 9.10. The summed E-state index contributed by atoms with van der Waals surface area (Å²) in [5.74, 6) is -0.115. The molecule has 0 fully saturated rings. The average Bonchev–Trinajstić information content (AvgIpc) is 2.80. The number of halogens is 1. The van der Waals surface area contributed by atoms with E-state index in [1.165, 1.54) is 0 Å². The Bertz CT molecular complexity index is 1140. The highest BCUT2D eigenvalue weighted by atomic mass is 79.9. The van der Waals surface area contributed by atoms with Gasteiger partial charge in [0, 0.05) is 40.9 Å². The van der Waals surface area contributed by atoms with Crippen LogP contribution in [-0.4, -0.2) is 34.7 Å². The molecule has 0 aliphatic rings. The van der Waals surface area contributed by atoms with E-state index < -0.39 is 5.97 Å². The van der Waals surface area contributed by atoms with Crippen molar-refractivity contribution in [1.82, 2.24) is 9.47 Å². The Hall–Kier alpha value is -2.90. The molecule has 2 aromatic carbocycles. The number of nitrogens with zero attached hydrogens (tertiary/aromatic N) is 2. The van der Waals surface area contributed by atoms with E-state index in [1.54, 1.807) is 48.1 Å². The molecule has 7 heteroatoms. The molecule has 3 aromatic rings. The van der Waals surface area contributed by atoms with Crippen LogP contribution in [0.2, 0.25) is 0 Å². The van der Waals surface area contributed by atoms with Crippen LogP contribution < -0.4 is 10.3 Å². The molecule has 0 radical (unpaired) electrons. The van der Waals surface area contributed by atoms with Gasteiger partial charge >= 0.3 is 5.97 Å². The fraction of sp³-hybridized carbons (Fsp3) is 0.280. The van der Waals surface area contributed by atoms with Gasteiger partial charge < -0.3 is 14.4 Å². The molecule has 0 amide bonds. The van der Waals surface area contributed by atoms with Crippen LogP contribution in [0.4, 0.5) is 0 Å². The number of aromatic carboxylic acids is 1. The van der Waals surface area contributed by atoms with Crippen molar-refractivity contribution in [1.29, 1.82) is 0 Å². The van der Waals surface area contributed by atoms with Gasteiger partial charge in [0.05, 0.1) is 12.7 Å². The van der Waals surface area contributed by atoms with Crippen LogP contribution in [0.3, 0.4) is 0 Å². The predicted molar refractivity (Wildman–Crippen MR) is 128 cm³/mol. The first-order chi connectivity index (χ1) is 15.3. The summed E-state index contributed by atoms with van der Waals surface area (Å²) >= 11 is 3.62. The third-order valence-corrected chi connectivity index (χ3v) is 6.44. The molecule has 1 heterocycles. The summed E-state index contributed by atoms with van der Waals surface area (Å²) in [5.41, 5.74) is 3.13. The van der Waals surface area contributed by atoms with E-state index in [2.05, 4.69) is 27.8 Å². The van der Waals surface area contributed by atoms with Crippen LogP contribution in [-0.2, 0) is 19.5 Å². The number of methoxy groups -OCH3 is 1. The number of carbonyl (C=O) groups is 1. The number of aromatic nitrogens is 1. The van der Waals surface area contributed by atoms with Crippen LogP contribution in [0.25, 0.3) is 0 Å². The highest BCUT2D eigenvalue weighted by Gasteiger charge is 2.19. The molecule has 0 saturated heterocycles. The van der Waals surface area contributed by atoms with E-state index in [9.17, 15) is 9.59 Å². The standard InChI is InChI=1S/C25H27BrN2O4/c1-17(20-6-4-5-7-23(20)32-3)27(2)16-22-21(26)12-13-24(29)28(22)15-14-18-8-10-19(11-9-18)25(30)31/h4-13,17H,14-16H2,1-3H3,(H,30,31). The zero-order chi connectivity index (χ0) is 23.3. The zero-order valence-electron chi connectivity index (χ0n) is 18.4. The lowest BCUT2D eigenvalue weighted by atomic mass is 10.1. The van der Waals surface area contributed by atoms with Gasteiger partial charge in [0.1, 0.15) is 5.75 Å². The summed E-state index contributed by atoms with van der Waals surface area (Å²) in [6, 6.07) is 18.1. The quantitative estimate of drug-likeness (QED) is 0.460. The zero-order valence-corrected chi connectivity index (χ0v) is 20.0. The van der Waals surface area contributed by atoms with Crippen molar-refractivity contribution in [3.63, 3.8) is 0 Å². The highest BCUT2D eigenvalue weighted by Crippen LogP contribution is 2.29. The fourth-order valence-corrected chi connectivity index (χ4v) is 4.15. The fourth-order valence-electron chi connectivity index (χ4n) is 3.68. The van der Waals surface area contributed by atoms with Gasteiger partial charge in [-0.3, -0.25) is 9.69 Å². The minimum Gasteiger partial charge on any atom is -0.496 e. The summed E-state index contributed by atoms with van der Waals surface area (Å²) in [5, 5.41) is 9.07. The van der Waals surface area contributed by atoms with E-state index >= 15 is 0 Å². The van der Waals surface area contributed by atoms with Gasteiger partial charge in [-0.05, 0) is 66.2 Å². The van der Waals surface area contributed by atoms with Gasteiger partial charge in [-0.25, -0.2) is 4.79 Å². The number of pyridine rings is 1. The molecular formula is C25H27BrN2O4. The third-order valence-electron chi connectivity index (χ3n) is 5.71. The molecule has 0 saturated carbocycles. The lowest BCUT2D eigenvalue weighted by molar-refractivity contribution is 0.0697. The number of rotatable bonds is 9. The smallest absolute Gasteiger partial charge is 0.335 e. The minimum absolute atomic E-state index is 0.0660. The Morgan fingerprint density at radius 2 is 1.81 bits per heavy atom. The number of benzene rings is 2. The number of hydrogen-bond donors (Lipinski definition) is 1. The van der Waals surface area contributed by atoms with Gasteiger partial charge in [-0.1, -0.05) is 30.3 Å². The topological polar surface area (TPSA) is 71.8 Å². The van der Waals surface area contributed by atoms with E-state index in [-0.39, 0.29) is 17.2 Å². The van der Waals surface area contributed by atoms with Gasteiger partial charge in [0.15, 0.2) is 0 Å². The summed E-state index contributed by atoms with van der Waals surface area (Å²) in [6.07, 6.45) is 0.620. The van der Waals surface area contributed by atoms with Crippen molar-refractivity contribution in [3.8, 4) is 5.75 Å². The van der Waals surface area contributed by atoms with Gasteiger partial charge in [0.2, 0.25) is 0 Å². The lowest BCUT2D eigenvalue weighted by Gasteiger charge is -2.28. The minimum atomic E-state index is -0.950. The Labute approximate surface area is 196 Å². The molecule has 1 N–H and O–H groups in total. The molecule has 0 bridgehead atoms. The number of aryl methyl sites for hydroxylation is 1. The molecule has 1 unspecified atom stereocenters. The average molecular weight is 499 g/mol. The summed E-state index contributed by atoms with van der Waals surface area (Å²) in [6.45, 7) is 3.17. The Kier molecular flexibility index (Phi) is 7.88. The first-order valence-corrected chi connectivity index (χ1v) is 11.1. The summed E-state index contributed by atoms with van der Waals surface area (Å²) < 4.78 is 8.17. The van der Waals surface area contributed by atoms with Crippen LogP contribution in [0.1, 0.15) is 40.1 Å². The maximum Gasteiger partial charge on any atom is 0.335 e. The molecule has 3 rings (SSSR count). The van der Waals surface area contributed by atoms with E-state index in [4.69, 9.17) is 9.84 Å². The summed E-state index contributed by atoms with van der Waals surface area (Å²) in [7, 11) is 3.69. The Morgan fingerprint density at radius 3 is 2.47 bits per heavy atom. The lowest BCUT2D eigenvalue weighted by Crippen LogP contribution is -2.30. The SMILES string of the molecule is COc1ccccc1C(C)N(C)Cc1c(Br)ccc(=O)n1CCc1ccc(C(=O)O)cc1. The van der Waals surface area contributed by atoms with Gasteiger partial charge in [0.25, 0.3) is 5.56 Å². The second-order valence-electron chi connectivity index (χ2n) is 7.70. The largest absolute Gasteiger partial charge is 0.496 e.